The van der Waals surface area contributed by atoms with Gasteiger partial charge in [0, 0.05) is 0 Å². The van der Waals surface area contributed by atoms with E-state index in [1.165, 1.54) is 11.0 Å². The van der Waals surface area contributed by atoms with Gasteiger partial charge in [-0.15, -0.1) is 11.3 Å². The number of nitrogens with zero attached hydrogens (tertiary/aromatic N) is 3. The van der Waals surface area contributed by atoms with Crippen LogP contribution in [0.15, 0.2) is 30.6 Å². The van der Waals surface area contributed by atoms with E-state index in [0.717, 1.165) is 16.3 Å². The zero-order chi connectivity index (χ0) is 13.2. The highest BCUT2D eigenvalue weighted by atomic mass is 32.1. The minimum Gasteiger partial charge on any atom is -0.299 e. The molecule has 5 nitrogen and oxygen atoms in total. The van der Waals surface area contributed by atoms with Crippen molar-refractivity contribution in [2.45, 2.75) is 25.9 Å². The van der Waals surface area contributed by atoms with Gasteiger partial charge in [-0.3, -0.25) is 10.4 Å². The molecule has 2 aromatic heterocycles. The summed E-state index contributed by atoms with van der Waals surface area (Å²) in [5.41, 5.74) is 1.06. The molecule has 98 valence electrons. The zero-order valence-corrected chi connectivity index (χ0v) is 11.6. The average molecular weight is 273 g/mol. The molecule has 3 rings (SSSR count). The van der Waals surface area contributed by atoms with Crippen molar-refractivity contribution in [1.29, 1.82) is 0 Å². The van der Waals surface area contributed by atoms with Crippen molar-refractivity contribution in [3.63, 3.8) is 0 Å². The van der Waals surface area contributed by atoms with Gasteiger partial charge in [0.1, 0.15) is 17.2 Å². The highest BCUT2D eigenvalue weighted by Crippen LogP contribution is 2.27. The molecule has 0 aliphatic rings. The first-order chi connectivity index (χ1) is 9.24. The molecule has 1 aromatic carbocycles. The Labute approximate surface area is 115 Å². The van der Waals surface area contributed by atoms with Gasteiger partial charge in [-0.05, 0) is 26.0 Å². The van der Waals surface area contributed by atoms with Gasteiger partial charge in [-0.25, -0.2) is 9.97 Å². The maximum Gasteiger partial charge on any atom is 0.141 e. The van der Waals surface area contributed by atoms with Crippen LogP contribution in [0.2, 0.25) is 0 Å². The van der Waals surface area contributed by atoms with Crippen LogP contribution < -0.4 is 5.32 Å². The molecule has 2 heterocycles. The molecule has 6 heteroatoms. The molecule has 0 amide bonds. The first-order valence-electron chi connectivity index (χ1n) is 6.21. The smallest absolute Gasteiger partial charge is 0.141 e. The largest absolute Gasteiger partial charge is 0.299 e. The van der Waals surface area contributed by atoms with Crippen LogP contribution in [0.25, 0.3) is 10.2 Å². The summed E-state index contributed by atoms with van der Waals surface area (Å²) < 4.78 is 1.22. The summed E-state index contributed by atoms with van der Waals surface area (Å²) in [4.78, 5) is 8.82. The number of fused-ring (bicyclic) bond motifs is 1. The van der Waals surface area contributed by atoms with E-state index in [-0.39, 0.29) is 12.1 Å². The highest BCUT2D eigenvalue weighted by molar-refractivity contribution is 7.18. The maximum absolute atomic E-state index is 4.66. The van der Waals surface area contributed by atoms with E-state index in [4.69, 9.17) is 0 Å². The van der Waals surface area contributed by atoms with Gasteiger partial charge in [0.05, 0.1) is 22.3 Å². The lowest BCUT2D eigenvalue weighted by Crippen LogP contribution is -2.23. The van der Waals surface area contributed by atoms with Crippen LogP contribution in [-0.2, 0) is 0 Å². The molecule has 0 aliphatic carbocycles. The molecule has 2 N–H and O–H groups in total. The Morgan fingerprint density at radius 2 is 2.05 bits per heavy atom. The normalized spacial score (nSPS) is 14.6. The molecular weight excluding hydrogens is 258 g/mol. The van der Waals surface area contributed by atoms with Gasteiger partial charge in [0.2, 0.25) is 0 Å². The summed E-state index contributed by atoms with van der Waals surface area (Å²) in [6.45, 7) is 4.18. The molecule has 0 fully saturated rings. The van der Waals surface area contributed by atoms with Crippen LogP contribution in [0, 0.1) is 0 Å². The molecule has 3 aromatic rings. The molecule has 0 saturated carbocycles. The fourth-order valence-corrected chi connectivity index (χ4v) is 3.00. The molecule has 0 bridgehead atoms. The zero-order valence-electron chi connectivity index (χ0n) is 10.8. The molecule has 2 atom stereocenters. The van der Waals surface area contributed by atoms with E-state index in [0.29, 0.717) is 0 Å². The summed E-state index contributed by atoms with van der Waals surface area (Å²) in [5.74, 6) is 0.841. The lowest BCUT2D eigenvalue weighted by atomic mass is 10.2. The first kappa shape index (κ1) is 12.3. The van der Waals surface area contributed by atoms with Crippen molar-refractivity contribution < 1.29 is 0 Å². The first-order valence-corrected chi connectivity index (χ1v) is 7.02. The van der Waals surface area contributed by atoms with E-state index < -0.39 is 0 Å². The monoisotopic (exact) mass is 273 g/mol. The number of nitrogens with one attached hydrogen (secondary N) is 2. The maximum atomic E-state index is 4.66. The van der Waals surface area contributed by atoms with E-state index >= 15 is 0 Å². The third-order valence-corrected chi connectivity index (χ3v) is 4.24. The van der Waals surface area contributed by atoms with Crippen molar-refractivity contribution in [3.8, 4) is 0 Å². The summed E-state index contributed by atoms with van der Waals surface area (Å²) in [7, 11) is 0. The van der Waals surface area contributed by atoms with Crippen molar-refractivity contribution in [2.24, 2.45) is 0 Å². The SMILES string of the molecule is CC(NC(C)c1nc2ccccc2s1)c1ncn[nH]1. The van der Waals surface area contributed by atoms with Crippen molar-refractivity contribution in [2.75, 3.05) is 0 Å². The Morgan fingerprint density at radius 1 is 1.21 bits per heavy atom. The predicted octanol–water partition coefficient (Wildman–Crippen LogP) is 2.83. The van der Waals surface area contributed by atoms with Gasteiger partial charge in [0.15, 0.2) is 0 Å². The number of aromatic amines is 1. The number of H-pyrrole nitrogens is 1. The van der Waals surface area contributed by atoms with Gasteiger partial charge in [-0.1, -0.05) is 12.1 Å². The van der Waals surface area contributed by atoms with Crippen LogP contribution in [-0.4, -0.2) is 20.2 Å². The minimum atomic E-state index is 0.115. The molecule has 0 spiro atoms. The number of para-hydroxylation sites is 1. The van der Waals surface area contributed by atoms with Crippen molar-refractivity contribution >= 4 is 21.6 Å². The number of hydrogen-bond acceptors (Lipinski definition) is 5. The Balaban J connectivity index is 1.78. The minimum absolute atomic E-state index is 0.115. The second-order valence-electron chi connectivity index (χ2n) is 4.50. The average Bonchev–Trinajstić information content (AvgIpc) is 3.07. The molecule has 19 heavy (non-hydrogen) atoms. The second-order valence-corrected chi connectivity index (χ2v) is 5.56. The fraction of sp³-hybridized carbons (Fsp3) is 0.308. The van der Waals surface area contributed by atoms with Gasteiger partial charge in [0.25, 0.3) is 0 Å². The van der Waals surface area contributed by atoms with Crippen molar-refractivity contribution in [1.82, 2.24) is 25.5 Å². The van der Waals surface area contributed by atoms with Gasteiger partial charge in [-0.2, -0.15) is 5.10 Å². The van der Waals surface area contributed by atoms with E-state index in [9.17, 15) is 0 Å². The summed E-state index contributed by atoms with van der Waals surface area (Å²) in [6.07, 6.45) is 1.52. The number of hydrogen-bond donors (Lipinski definition) is 2. The van der Waals surface area contributed by atoms with E-state index in [2.05, 4.69) is 45.4 Å². The van der Waals surface area contributed by atoms with Crippen LogP contribution >= 0.6 is 11.3 Å². The van der Waals surface area contributed by atoms with Crippen LogP contribution in [0.3, 0.4) is 0 Å². The molecule has 0 aliphatic heterocycles. The summed E-state index contributed by atoms with van der Waals surface area (Å²) >= 11 is 1.72. The second kappa shape index (κ2) is 5.07. The molecule has 0 saturated heterocycles. The Bertz CT molecular complexity index is 628. The van der Waals surface area contributed by atoms with Gasteiger partial charge < -0.3 is 0 Å². The Hall–Kier alpha value is -1.79. The van der Waals surface area contributed by atoms with Crippen LogP contribution in [0.4, 0.5) is 0 Å². The highest BCUT2D eigenvalue weighted by Gasteiger charge is 2.16. The molecule has 2 unspecified atom stereocenters. The third kappa shape index (κ3) is 2.50. The molecule has 0 radical (unpaired) electrons. The number of benzene rings is 1. The summed E-state index contributed by atoms with van der Waals surface area (Å²) in [6, 6.07) is 8.49. The predicted molar refractivity (Wildman–Crippen MR) is 76.0 cm³/mol. The topological polar surface area (TPSA) is 66.5 Å². The Morgan fingerprint density at radius 3 is 2.79 bits per heavy atom. The number of aromatic nitrogens is 4. The lowest BCUT2D eigenvalue weighted by molar-refractivity contribution is 0.477. The Kier molecular flexibility index (Phi) is 3.27. The number of rotatable bonds is 4. The number of thiazole rings is 1. The van der Waals surface area contributed by atoms with Gasteiger partial charge >= 0.3 is 0 Å². The lowest BCUT2D eigenvalue weighted by Gasteiger charge is -2.15. The standard InChI is InChI=1S/C13H15N5S/c1-8(12-14-7-15-18-12)16-9(2)13-17-10-5-3-4-6-11(10)19-13/h3-9,16H,1-2H3,(H,14,15,18). The quantitative estimate of drug-likeness (QED) is 0.767. The van der Waals surface area contributed by atoms with E-state index in [1.807, 2.05) is 18.2 Å². The van der Waals surface area contributed by atoms with Crippen molar-refractivity contribution in [3.05, 3.63) is 41.4 Å². The van der Waals surface area contributed by atoms with Crippen LogP contribution in [0.5, 0.6) is 0 Å². The van der Waals surface area contributed by atoms with Crippen LogP contribution in [0.1, 0.15) is 36.8 Å². The summed E-state index contributed by atoms with van der Waals surface area (Å²) in [5, 5.41) is 11.3. The molecular formula is C13H15N5S. The fourth-order valence-electron chi connectivity index (χ4n) is 2.02. The van der Waals surface area contributed by atoms with E-state index in [1.54, 1.807) is 11.3 Å². The third-order valence-electron chi connectivity index (χ3n) is 3.02.